The average Bonchev–Trinajstić information content (AvgIpc) is 2.89. The van der Waals surface area contributed by atoms with Crippen LogP contribution in [0.1, 0.15) is 52.9 Å². The number of Topliss-reactive ketones (excluding diaryl/α,β-unsaturated/α-hetero) is 1. The molecule has 156 valence electrons. The van der Waals surface area contributed by atoms with Crippen LogP contribution in [0.25, 0.3) is 0 Å². The number of ether oxygens (including phenoxy) is 1. The third kappa shape index (κ3) is 7.34. The summed E-state index contributed by atoms with van der Waals surface area (Å²) in [6.45, 7) is 6.76. The summed E-state index contributed by atoms with van der Waals surface area (Å²) in [6, 6.07) is 9.64. The van der Waals surface area contributed by atoms with E-state index in [1.165, 1.54) is 11.6 Å². The molecule has 1 aromatic rings. The Morgan fingerprint density at radius 3 is 2.59 bits per heavy atom. The smallest absolute Gasteiger partial charge is 0.203 e. The van der Waals surface area contributed by atoms with Gasteiger partial charge in [0.25, 0.3) is 0 Å². The minimum Gasteiger partial charge on any atom is -0.494 e. The van der Waals surface area contributed by atoms with Crippen molar-refractivity contribution < 1.29 is 14.6 Å². The molecule has 0 radical (unpaired) electrons. The van der Waals surface area contributed by atoms with Gasteiger partial charge in [-0.05, 0) is 71.1 Å². The molecule has 0 spiro atoms. The van der Waals surface area contributed by atoms with Crippen molar-refractivity contribution in [3.63, 3.8) is 0 Å². The molecule has 3 nitrogen and oxygen atoms in total. The number of carbonyl (C=O) groups excluding carboxylic acids is 1. The first kappa shape index (κ1) is 23.2. The Morgan fingerprint density at radius 2 is 1.90 bits per heavy atom. The fourth-order valence-corrected chi connectivity index (χ4v) is 3.49. The topological polar surface area (TPSA) is 46.5 Å². The van der Waals surface area contributed by atoms with Gasteiger partial charge in [0.05, 0.1) is 11.6 Å². The molecule has 0 fully saturated rings. The molecule has 0 bridgehead atoms. The van der Waals surface area contributed by atoms with E-state index in [0.29, 0.717) is 18.6 Å². The van der Waals surface area contributed by atoms with E-state index in [-0.39, 0.29) is 10.8 Å². The Labute approximate surface area is 179 Å². The fourth-order valence-electron chi connectivity index (χ4n) is 3.21. The maximum atomic E-state index is 12.4. The average molecular weight is 415 g/mol. The van der Waals surface area contributed by atoms with E-state index in [1.54, 1.807) is 6.08 Å². The second-order valence-electron chi connectivity index (χ2n) is 7.78. The lowest BCUT2D eigenvalue weighted by molar-refractivity contribution is -0.112. The summed E-state index contributed by atoms with van der Waals surface area (Å²) < 4.78 is 5.69. The number of benzene rings is 1. The van der Waals surface area contributed by atoms with Crippen molar-refractivity contribution in [2.24, 2.45) is 0 Å². The second kappa shape index (κ2) is 11.2. The van der Waals surface area contributed by atoms with Gasteiger partial charge >= 0.3 is 0 Å². The molecule has 0 saturated heterocycles. The maximum Gasteiger partial charge on any atom is 0.203 e. The van der Waals surface area contributed by atoms with Crippen LogP contribution in [0.3, 0.4) is 0 Å². The summed E-state index contributed by atoms with van der Waals surface area (Å²) in [5.41, 5.74) is 1.50. The van der Waals surface area contributed by atoms with Gasteiger partial charge < -0.3 is 9.84 Å². The number of allylic oxidation sites excluding steroid dienone is 6. The molecule has 0 aliphatic heterocycles. The Bertz CT molecular complexity index is 814. The number of rotatable bonds is 10. The number of hydrogen-bond acceptors (Lipinski definition) is 3. The number of unbranched alkanes of at least 4 members (excludes halogenated alkanes) is 1. The Hall–Kier alpha value is -2.10. The van der Waals surface area contributed by atoms with E-state index in [4.69, 9.17) is 16.3 Å². The van der Waals surface area contributed by atoms with Crippen LogP contribution in [0, 0.1) is 0 Å². The number of carbonyl (C=O) groups is 1. The quantitative estimate of drug-likeness (QED) is 0.278. The van der Waals surface area contributed by atoms with Gasteiger partial charge in [0.15, 0.2) is 0 Å². The van der Waals surface area contributed by atoms with Gasteiger partial charge in [0.2, 0.25) is 5.78 Å². The van der Waals surface area contributed by atoms with Gasteiger partial charge in [-0.3, -0.25) is 4.79 Å². The van der Waals surface area contributed by atoms with E-state index < -0.39 is 5.60 Å². The molecular formula is C25H31ClO3. The van der Waals surface area contributed by atoms with Crippen LogP contribution >= 0.6 is 11.6 Å². The van der Waals surface area contributed by atoms with Crippen LogP contribution in [-0.4, -0.2) is 23.1 Å². The van der Waals surface area contributed by atoms with Crippen molar-refractivity contribution in [3.05, 3.63) is 76.4 Å². The number of ketones is 1. The molecule has 1 aromatic carbocycles. The second-order valence-corrected chi connectivity index (χ2v) is 8.18. The normalized spacial score (nSPS) is 20.7. The predicted octanol–water partition coefficient (Wildman–Crippen LogP) is 6.29. The summed E-state index contributed by atoms with van der Waals surface area (Å²) in [6.07, 6.45) is 11.1. The molecule has 0 aromatic heterocycles. The third-order valence-electron chi connectivity index (χ3n) is 4.88. The predicted molar refractivity (Wildman–Crippen MR) is 120 cm³/mol. The SMILES string of the molecule is CC(C)=CCC/C(C)=C/C=C1\C(=O)C(Cl)=CC1(O)CCCCOc1ccccc1. The van der Waals surface area contributed by atoms with E-state index in [1.807, 2.05) is 43.3 Å². The molecule has 1 N–H and O–H groups in total. The van der Waals surface area contributed by atoms with Crippen molar-refractivity contribution in [1.82, 2.24) is 0 Å². The largest absolute Gasteiger partial charge is 0.494 e. The molecular weight excluding hydrogens is 384 g/mol. The lowest BCUT2D eigenvalue weighted by atomic mass is 9.90. The molecule has 0 amide bonds. The molecule has 0 saturated carbocycles. The van der Waals surface area contributed by atoms with Crippen molar-refractivity contribution in [3.8, 4) is 5.75 Å². The molecule has 1 atom stereocenters. The monoisotopic (exact) mass is 414 g/mol. The first-order valence-corrected chi connectivity index (χ1v) is 10.5. The Kier molecular flexibility index (Phi) is 8.94. The Balaban J connectivity index is 1.92. The zero-order chi connectivity index (χ0) is 21.3. The summed E-state index contributed by atoms with van der Waals surface area (Å²) in [4.78, 5) is 12.4. The van der Waals surface area contributed by atoms with Crippen LogP contribution in [0.15, 0.2) is 76.4 Å². The van der Waals surface area contributed by atoms with E-state index >= 15 is 0 Å². The van der Waals surface area contributed by atoms with Crippen LogP contribution in [0.2, 0.25) is 0 Å². The molecule has 4 heteroatoms. The highest BCUT2D eigenvalue weighted by molar-refractivity contribution is 6.46. The van der Waals surface area contributed by atoms with Gasteiger partial charge in [-0.2, -0.15) is 0 Å². The molecule has 1 aliphatic rings. The van der Waals surface area contributed by atoms with Gasteiger partial charge in [-0.15, -0.1) is 0 Å². The lowest BCUT2D eigenvalue weighted by Crippen LogP contribution is -2.28. The third-order valence-corrected chi connectivity index (χ3v) is 5.16. The highest BCUT2D eigenvalue weighted by atomic mass is 35.5. The highest BCUT2D eigenvalue weighted by Gasteiger charge is 2.40. The van der Waals surface area contributed by atoms with Crippen LogP contribution in [0.4, 0.5) is 0 Å². The van der Waals surface area contributed by atoms with Crippen LogP contribution < -0.4 is 4.74 Å². The molecule has 2 rings (SSSR count). The molecule has 29 heavy (non-hydrogen) atoms. The van der Waals surface area contributed by atoms with Crippen molar-refractivity contribution in [1.29, 1.82) is 0 Å². The zero-order valence-corrected chi connectivity index (χ0v) is 18.3. The first-order valence-electron chi connectivity index (χ1n) is 10.2. The number of para-hydroxylation sites is 1. The van der Waals surface area contributed by atoms with Crippen LogP contribution in [-0.2, 0) is 4.79 Å². The highest BCUT2D eigenvalue weighted by Crippen LogP contribution is 2.36. The van der Waals surface area contributed by atoms with Crippen molar-refractivity contribution in [2.45, 2.75) is 58.5 Å². The summed E-state index contributed by atoms with van der Waals surface area (Å²) in [5, 5.41) is 11.1. The standard InChI is InChI=1S/C25H31ClO3/c1-19(2)10-9-11-20(3)14-15-22-24(27)23(26)18-25(22,28)16-7-8-17-29-21-12-5-4-6-13-21/h4-6,10,12-15,18,28H,7-9,11,16-17H2,1-3H3/b20-14+,22-15+. The minimum absolute atomic E-state index is 0.0925. The summed E-state index contributed by atoms with van der Waals surface area (Å²) in [7, 11) is 0. The Morgan fingerprint density at radius 1 is 1.17 bits per heavy atom. The van der Waals surface area contributed by atoms with Gasteiger partial charge in [0.1, 0.15) is 11.4 Å². The summed E-state index contributed by atoms with van der Waals surface area (Å²) >= 11 is 6.05. The molecule has 1 aliphatic carbocycles. The fraction of sp³-hybridized carbons (Fsp3) is 0.400. The van der Waals surface area contributed by atoms with Gasteiger partial charge in [-0.25, -0.2) is 0 Å². The van der Waals surface area contributed by atoms with Crippen molar-refractivity contribution in [2.75, 3.05) is 6.61 Å². The molecule has 0 heterocycles. The minimum atomic E-state index is -1.31. The van der Waals surface area contributed by atoms with Crippen molar-refractivity contribution >= 4 is 17.4 Å². The lowest BCUT2D eigenvalue weighted by Gasteiger charge is -2.22. The van der Waals surface area contributed by atoms with E-state index in [2.05, 4.69) is 19.9 Å². The number of halogens is 1. The van der Waals surface area contributed by atoms with E-state index in [0.717, 1.165) is 37.0 Å². The van der Waals surface area contributed by atoms with Crippen LogP contribution in [0.5, 0.6) is 5.75 Å². The molecule has 1 unspecified atom stereocenters. The van der Waals surface area contributed by atoms with Gasteiger partial charge in [0, 0.05) is 5.57 Å². The van der Waals surface area contributed by atoms with Gasteiger partial charge in [-0.1, -0.05) is 59.2 Å². The first-order chi connectivity index (χ1) is 13.8. The number of aliphatic hydroxyl groups is 1. The number of hydrogen-bond donors (Lipinski definition) is 1. The zero-order valence-electron chi connectivity index (χ0n) is 17.6. The maximum absolute atomic E-state index is 12.4. The van der Waals surface area contributed by atoms with E-state index in [9.17, 15) is 9.90 Å². The summed E-state index contributed by atoms with van der Waals surface area (Å²) in [5.74, 6) is 0.544.